The van der Waals surface area contributed by atoms with Gasteiger partial charge < -0.3 is 19.5 Å². The van der Waals surface area contributed by atoms with E-state index in [9.17, 15) is 9.59 Å². The van der Waals surface area contributed by atoms with E-state index in [2.05, 4.69) is 22.0 Å². The van der Waals surface area contributed by atoms with Crippen molar-refractivity contribution in [3.8, 4) is 11.4 Å². The number of hydrogen-bond donors (Lipinski definition) is 1. The van der Waals surface area contributed by atoms with Crippen molar-refractivity contribution in [2.24, 2.45) is 0 Å². The third-order valence-electron chi connectivity index (χ3n) is 6.90. The zero-order chi connectivity index (χ0) is 26.1. The fourth-order valence-corrected chi connectivity index (χ4v) is 5.84. The molecule has 1 aliphatic heterocycles. The summed E-state index contributed by atoms with van der Waals surface area (Å²) < 4.78 is 7.10. The lowest BCUT2D eigenvalue weighted by molar-refractivity contribution is -0.128. The third-order valence-corrected chi connectivity index (χ3v) is 7.82. The second-order valence-electron chi connectivity index (χ2n) is 9.09. The molecule has 192 valence electrons. The van der Waals surface area contributed by atoms with Gasteiger partial charge in [-0.25, -0.2) is 9.55 Å². The average molecular weight is 526 g/mol. The maximum atomic E-state index is 13.8. The number of thioether (sulfide) groups is 1. The van der Waals surface area contributed by atoms with E-state index in [4.69, 9.17) is 9.72 Å². The minimum Gasteiger partial charge on any atom is -0.495 e. The fraction of sp³-hybridized carbons (Fsp3) is 0.207. The van der Waals surface area contributed by atoms with Crippen molar-refractivity contribution >= 4 is 45.3 Å². The van der Waals surface area contributed by atoms with Gasteiger partial charge in [0.25, 0.3) is 5.56 Å². The van der Waals surface area contributed by atoms with Crippen molar-refractivity contribution in [2.75, 3.05) is 43.9 Å². The summed E-state index contributed by atoms with van der Waals surface area (Å²) in [6, 6.07) is 25.3. The van der Waals surface area contributed by atoms with Crippen LogP contribution in [0.25, 0.3) is 27.6 Å². The Bertz CT molecular complexity index is 1670. The molecule has 0 atom stereocenters. The summed E-state index contributed by atoms with van der Waals surface area (Å²) in [5.41, 5.74) is 3.38. The lowest BCUT2D eigenvalue weighted by Crippen LogP contribution is -2.49. The molecule has 2 aromatic heterocycles. The highest BCUT2D eigenvalue weighted by Gasteiger charge is 2.24. The molecule has 0 bridgehead atoms. The van der Waals surface area contributed by atoms with Crippen LogP contribution in [0.5, 0.6) is 5.75 Å². The van der Waals surface area contributed by atoms with Gasteiger partial charge in [-0.15, -0.1) is 0 Å². The van der Waals surface area contributed by atoms with Gasteiger partial charge in [0.2, 0.25) is 5.91 Å². The highest BCUT2D eigenvalue weighted by atomic mass is 32.2. The van der Waals surface area contributed by atoms with Gasteiger partial charge in [0.1, 0.15) is 16.8 Å². The van der Waals surface area contributed by atoms with E-state index in [-0.39, 0.29) is 17.2 Å². The van der Waals surface area contributed by atoms with Crippen LogP contribution in [0.4, 0.5) is 5.69 Å². The Kier molecular flexibility index (Phi) is 6.51. The van der Waals surface area contributed by atoms with E-state index >= 15 is 0 Å². The predicted molar refractivity (Wildman–Crippen MR) is 152 cm³/mol. The van der Waals surface area contributed by atoms with Gasteiger partial charge in [-0.3, -0.25) is 9.59 Å². The Morgan fingerprint density at radius 2 is 1.66 bits per heavy atom. The number of aromatic nitrogens is 3. The molecule has 38 heavy (non-hydrogen) atoms. The normalized spacial score (nSPS) is 13.8. The van der Waals surface area contributed by atoms with E-state index in [0.717, 1.165) is 24.0 Å². The molecule has 0 saturated carbocycles. The monoisotopic (exact) mass is 525 g/mol. The molecule has 1 saturated heterocycles. The van der Waals surface area contributed by atoms with E-state index in [1.807, 2.05) is 71.6 Å². The van der Waals surface area contributed by atoms with Crippen LogP contribution in [0.1, 0.15) is 0 Å². The number of rotatable bonds is 6. The van der Waals surface area contributed by atoms with E-state index < -0.39 is 0 Å². The molecule has 0 radical (unpaired) electrons. The van der Waals surface area contributed by atoms with Crippen LogP contribution in [-0.4, -0.2) is 64.4 Å². The summed E-state index contributed by atoms with van der Waals surface area (Å²) in [7, 11) is 1.57. The number of piperazine rings is 1. The molecule has 6 rings (SSSR count). The van der Waals surface area contributed by atoms with Crippen LogP contribution in [0.2, 0.25) is 0 Å². The molecule has 1 fully saturated rings. The standard InChI is InChI=1S/C29H27N5O3S/c1-37-24-14-8-7-13-23(24)34-28(36)27-26(21-11-5-6-12-22(21)30-27)31-29(34)38-19-25(35)33-17-15-32(16-18-33)20-9-3-2-4-10-20/h2-14,30H,15-19H2,1H3. The van der Waals surface area contributed by atoms with Gasteiger partial charge in [-0.2, -0.15) is 0 Å². The van der Waals surface area contributed by atoms with Crippen molar-refractivity contribution < 1.29 is 9.53 Å². The zero-order valence-corrected chi connectivity index (χ0v) is 21.8. The van der Waals surface area contributed by atoms with Crippen LogP contribution in [0.3, 0.4) is 0 Å². The van der Waals surface area contributed by atoms with E-state index in [1.165, 1.54) is 17.4 Å². The molecule has 3 aromatic carbocycles. The van der Waals surface area contributed by atoms with E-state index in [1.54, 1.807) is 11.7 Å². The van der Waals surface area contributed by atoms with Gasteiger partial charge in [0, 0.05) is 42.8 Å². The summed E-state index contributed by atoms with van der Waals surface area (Å²) in [6.07, 6.45) is 0. The molecule has 0 spiro atoms. The first-order chi connectivity index (χ1) is 18.6. The topological polar surface area (TPSA) is 83.5 Å². The minimum absolute atomic E-state index is 0.0301. The van der Waals surface area contributed by atoms with Gasteiger partial charge in [-0.05, 0) is 30.3 Å². The SMILES string of the molecule is COc1ccccc1-n1c(SCC(=O)N2CCN(c3ccccc3)CC2)nc2c([nH]c3ccccc32)c1=O. The highest BCUT2D eigenvalue weighted by molar-refractivity contribution is 7.99. The van der Waals surface area contributed by atoms with Gasteiger partial charge in [-0.1, -0.05) is 60.3 Å². The first-order valence-electron chi connectivity index (χ1n) is 12.5. The Morgan fingerprint density at radius 1 is 0.947 bits per heavy atom. The smallest absolute Gasteiger partial charge is 0.283 e. The van der Waals surface area contributed by atoms with Crippen LogP contribution < -0.4 is 15.2 Å². The number of ether oxygens (including phenoxy) is 1. The molecule has 1 amide bonds. The number of amides is 1. The Labute approximate surface area is 223 Å². The largest absolute Gasteiger partial charge is 0.495 e. The molecule has 9 heteroatoms. The van der Waals surface area contributed by atoms with Crippen molar-refractivity contribution in [1.29, 1.82) is 0 Å². The quantitative estimate of drug-likeness (QED) is 0.263. The summed E-state index contributed by atoms with van der Waals surface area (Å²) >= 11 is 1.28. The average Bonchev–Trinajstić information content (AvgIpc) is 3.35. The molecular weight excluding hydrogens is 498 g/mol. The number of H-pyrrole nitrogens is 1. The number of methoxy groups -OCH3 is 1. The number of nitrogens with one attached hydrogen (secondary N) is 1. The molecule has 0 aliphatic carbocycles. The number of carbonyl (C=O) groups excluding carboxylic acids is 1. The lowest BCUT2D eigenvalue weighted by Gasteiger charge is -2.36. The van der Waals surface area contributed by atoms with Crippen LogP contribution >= 0.6 is 11.8 Å². The number of aromatic amines is 1. The van der Waals surface area contributed by atoms with Gasteiger partial charge in [0.05, 0.1) is 18.6 Å². The second-order valence-corrected chi connectivity index (χ2v) is 10.0. The van der Waals surface area contributed by atoms with Crippen LogP contribution in [0, 0.1) is 0 Å². The maximum absolute atomic E-state index is 13.8. The first kappa shape index (κ1) is 24.1. The molecule has 3 heterocycles. The molecule has 1 N–H and O–H groups in total. The number of benzene rings is 3. The van der Waals surface area contributed by atoms with E-state index in [0.29, 0.717) is 40.7 Å². The van der Waals surface area contributed by atoms with Crippen molar-refractivity contribution in [3.63, 3.8) is 0 Å². The third kappa shape index (κ3) is 4.39. The highest BCUT2D eigenvalue weighted by Crippen LogP contribution is 2.29. The Morgan fingerprint density at radius 3 is 2.45 bits per heavy atom. The molecule has 1 aliphatic rings. The van der Waals surface area contributed by atoms with Gasteiger partial charge in [0.15, 0.2) is 5.16 Å². The van der Waals surface area contributed by atoms with Crippen LogP contribution in [0.15, 0.2) is 88.8 Å². The maximum Gasteiger partial charge on any atom is 0.283 e. The summed E-state index contributed by atoms with van der Waals surface area (Å²) in [6.45, 7) is 2.88. The Balaban J connectivity index is 1.30. The second kappa shape index (κ2) is 10.3. The number of anilines is 1. The predicted octanol–water partition coefficient (Wildman–Crippen LogP) is 4.32. The lowest BCUT2D eigenvalue weighted by atomic mass is 10.2. The molecule has 5 aromatic rings. The van der Waals surface area contributed by atoms with Crippen molar-refractivity contribution in [3.05, 3.63) is 89.2 Å². The first-order valence-corrected chi connectivity index (χ1v) is 13.5. The number of nitrogens with zero attached hydrogens (tertiary/aromatic N) is 4. The van der Waals surface area contributed by atoms with Crippen molar-refractivity contribution in [1.82, 2.24) is 19.4 Å². The Hall–Kier alpha value is -4.24. The fourth-order valence-electron chi connectivity index (χ4n) is 4.94. The number of para-hydroxylation sites is 4. The minimum atomic E-state index is -0.234. The van der Waals surface area contributed by atoms with Gasteiger partial charge >= 0.3 is 0 Å². The number of fused-ring (bicyclic) bond motifs is 3. The molecular formula is C29H27N5O3S. The summed E-state index contributed by atoms with van der Waals surface area (Å²) in [5, 5.41) is 1.32. The van der Waals surface area contributed by atoms with Crippen LogP contribution in [-0.2, 0) is 4.79 Å². The summed E-state index contributed by atoms with van der Waals surface area (Å²) in [4.78, 5) is 39.4. The molecule has 8 nitrogen and oxygen atoms in total. The number of carbonyl (C=O) groups is 1. The zero-order valence-electron chi connectivity index (χ0n) is 21.0. The summed E-state index contributed by atoms with van der Waals surface area (Å²) in [5.74, 6) is 0.764. The number of hydrogen-bond acceptors (Lipinski definition) is 6. The molecule has 0 unspecified atom stereocenters. The van der Waals surface area contributed by atoms with Crippen molar-refractivity contribution in [2.45, 2.75) is 5.16 Å².